The standard InChI is InChI=1S/C48H32N4S/c1-48(2)36-25-12-9-22-33(36)39-40-34-23-10-13-26-37(34)52(43(40)44-41(42(39)48)35-24-11-14-27-38(35)53-44)32-21-15-20-31(28-32)47-50-45(29-16-5-3-6-17-29)49-46(51-47)30-18-7-4-8-19-30/h3-28H,1-2H3. The monoisotopic (exact) mass is 696 g/mol. The molecule has 0 radical (unpaired) electrons. The molecule has 0 N–H and O–H groups in total. The Morgan fingerprint density at radius 3 is 1.85 bits per heavy atom. The molecule has 0 saturated carbocycles. The van der Waals surface area contributed by atoms with Crippen LogP contribution in [0.5, 0.6) is 0 Å². The molecule has 0 spiro atoms. The van der Waals surface area contributed by atoms with Crippen molar-refractivity contribution in [2.45, 2.75) is 19.3 Å². The van der Waals surface area contributed by atoms with Gasteiger partial charge in [0, 0.05) is 54.0 Å². The van der Waals surface area contributed by atoms with Crippen LogP contribution in [0, 0.1) is 0 Å². The fourth-order valence-corrected chi connectivity index (χ4v) is 9.93. The lowest BCUT2D eigenvalue weighted by molar-refractivity contribution is 0.667. The van der Waals surface area contributed by atoms with E-state index in [1.54, 1.807) is 0 Å². The Balaban J connectivity index is 1.23. The Labute approximate surface area is 310 Å². The SMILES string of the molecule is CC1(C)c2ccccc2-c2c1c1c3ccccc3sc1c1c2c2ccccc2n1-c1cccc(-c2nc(-c3ccccc3)nc(-c3ccccc3)n2)c1. The van der Waals surface area contributed by atoms with Crippen LogP contribution in [0.3, 0.4) is 0 Å². The zero-order chi connectivity index (χ0) is 35.3. The summed E-state index contributed by atoms with van der Waals surface area (Å²) in [5.74, 6) is 1.95. The van der Waals surface area contributed by atoms with Gasteiger partial charge in [0.25, 0.3) is 0 Å². The summed E-state index contributed by atoms with van der Waals surface area (Å²) in [6.45, 7) is 4.81. The molecule has 0 aliphatic heterocycles. The summed E-state index contributed by atoms with van der Waals surface area (Å²) < 4.78 is 5.11. The van der Waals surface area contributed by atoms with Gasteiger partial charge in [0.15, 0.2) is 17.5 Å². The highest BCUT2D eigenvalue weighted by molar-refractivity contribution is 7.26. The average Bonchev–Trinajstić information content (AvgIpc) is 3.84. The van der Waals surface area contributed by atoms with Crippen LogP contribution in [0.25, 0.3) is 93.0 Å². The number of hydrogen-bond acceptors (Lipinski definition) is 4. The molecular weight excluding hydrogens is 665 g/mol. The first-order valence-corrected chi connectivity index (χ1v) is 18.9. The predicted octanol–water partition coefficient (Wildman–Crippen LogP) is 12.6. The van der Waals surface area contributed by atoms with Gasteiger partial charge in [-0.25, -0.2) is 15.0 Å². The van der Waals surface area contributed by atoms with Gasteiger partial charge in [-0.3, -0.25) is 0 Å². The number of nitrogens with zero attached hydrogens (tertiary/aromatic N) is 4. The predicted molar refractivity (Wildman–Crippen MR) is 221 cm³/mol. The zero-order valence-corrected chi connectivity index (χ0v) is 30.0. The number of fused-ring (bicyclic) bond motifs is 12. The summed E-state index contributed by atoms with van der Waals surface area (Å²) in [5.41, 5.74) is 11.7. The van der Waals surface area contributed by atoms with Crippen LogP contribution in [-0.4, -0.2) is 19.5 Å². The van der Waals surface area contributed by atoms with E-state index in [4.69, 9.17) is 15.0 Å². The molecule has 4 nitrogen and oxygen atoms in total. The minimum absolute atomic E-state index is 0.156. The Morgan fingerprint density at radius 1 is 0.528 bits per heavy atom. The van der Waals surface area contributed by atoms with Gasteiger partial charge in [0.1, 0.15) is 0 Å². The first kappa shape index (κ1) is 30.2. The highest BCUT2D eigenvalue weighted by atomic mass is 32.1. The normalized spacial score (nSPS) is 13.2. The average molecular weight is 697 g/mol. The summed E-state index contributed by atoms with van der Waals surface area (Å²) in [4.78, 5) is 15.1. The lowest BCUT2D eigenvalue weighted by Gasteiger charge is -2.23. The first-order chi connectivity index (χ1) is 26.1. The Hall–Kier alpha value is -6.43. The van der Waals surface area contributed by atoms with Gasteiger partial charge in [-0.1, -0.05) is 147 Å². The van der Waals surface area contributed by atoms with Crippen molar-refractivity contribution in [2.75, 3.05) is 0 Å². The van der Waals surface area contributed by atoms with Crippen molar-refractivity contribution in [1.82, 2.24) is 19.5 Å². The van der Waals surface area contributed by atoms with Crippen LogP contribution in [0.4, 0.5) is 0 Å². The molecule has 1 aliphatic carbocycles. The van der Waals surface area contributed by atoms with Crippen LogP contribution < -0.4 is 0 Å². The molecule has 0 fully saturated rings. The molecule has 0 amide bonds. The van der Waals surface area contributed by atoms with E-state index in [9.17, 15) is 0 Å². The van der Waals surface area contributed by atoms with E-state index < -0.39 is 0 Å². The maximum atomic E-state index is 5.08. The third-order valence-corrected chi connectivity index (χ3v) is 12.2. The molecule has 53 heavy (non-hydrogen) atoms. The van der Waals surface area contributed by atoms with Crippen LogP contribution in [-0.2, 0) is 5.41 Å². The smallest absolute Gasteiger partial charge is 0.164 e. The fraction of sp³-hybridized carbons (Fsp3) is 0.0625. The number of benzene rings is 7. The van der Waals surface area contributed by atoms with Crippen molar-refractivity contribution in [1.29, 1.82) is 0 Å². The van der Waals surface area contributed by atoms with Crippen molar-refractivity contribution in [3.8, 4) is 51.0 Å². The second-order valence-corrected chi connectivity index (χ2v) is 15.4. The molecule has 3 heterocycles. The summed E-state index contributed by atoms with van der Waals surface area (Å²) in [6.07, 6.45) is 0. The van der Waals surface area contributed by atoms with Crippen molar-refractivity contribution in [3.63, 3.8) is 0 Å². The van der Waals surface area contributed by atoms with Gasteiger partial charge in [-0.2, -0.15) is 0 Å². The van der Waals surface area contributed by atoms with E-state index in [1.165, 1.54) is 64.2 Å². The largest absolute Gasteiger partial charge is 0.308 e. The highest BCUT2D eigenvalue weighted by Gasteiger charge is 2.40. The topological polar surface area (TPSA) is 43.6 Å². The molecule has 11 rings (SSSR count). The van der Waals surface area contributed by atoms with Crippen LogP contribution in [0.2, 0.25) is 0 Å². The molecule has 250 valence electrons. The van der Waals surface area contributed by atoms with Crippen LogP contribution >= 0.6 is 11.3 Å². The van der Waals surface area contributed by atoms with E-state index in [0.717, 1.165) is 22.4 Å². The number of aromatic nitrogens is 4. The lowest BCUT2D eigenvalue weighted by atomic mass is 9.80. The molecule has 3 aromatic heterocycles. The molecule has 10 aromatic rings. The van der Waals surface area contributed by atoms with Crippen molar-refractivity contribution >= 4 is 53.3 Å². The molecule has 0 bridgehead atoms. The minimum atomic E-state index is -0.156. The van der Waals surface area contributed by atoms with Crippen molar-refractivity contribution in [2.24, 2.45) is 0 Å². The molecular formula is C48H32N4S. The van der Waals surface area contributed by atoms with Crippen molar-refractivity contribution < 1.29 is 0 Å². The molecule has 0 unspecified atom stereocenters. The third kappa shape index (κ3) is 4.38. The van der Waals surface area contributed by atoms with Crippen molar-refractivity contribution in [3.05, 3.63) is 169 Å². The van der Waals surface area contributed by atoms with E-state index >= 15 is 0 Å². The summed E-state index contributed by atoms with van der Waals surface area (Å²) in [6, 6.07) is 55.9. The first-order valence-electron chi connectivity index (χ1n) is 18.0. The molecule has 0 atom stereocenters. The number of para-hydroxylation sites is 1. The number of hydrogen-bond donors (Lipinski definition) is 0. The van der Waals surface area contributed by atoms with Gasteiger partial charge in [0.2, 0.25) is 0 Å². The zero-order valence-electron chi connectivity index (χ0n) is 29.2. The van der Waals surface area contributed by atoms with Crippen LogP contribution in [0.15, 0.2) is 158 Å². The second kappa shape index (κ2) is 11.3. The highest BCUT2D eigenvalue weighted by Crippen LogP contribution is 2.58. The fourth-order valence-electron chi connectivity index (χ4n) is 8.68. The second-order valence-electron chi connectivity index (χ2n) is 14.4. The quantitative estimate of drug-likeness (QED) is 0.184. The summed E-state index contributed by atoms with van der Waals surface area (Å²) in [7, 11) is 0. The third-order valence-electron chi connectivity index (χ3n) is 11.0. The number of rotatable bonds is 4. The maximum absolute atomic E-state index is 5.08. The van der Waals surface area contributed by atoms with Crippen LogP contribution in [0.1, 0.15) is 25.0 Å². The van der Waals surface area contributed by atoms with Gasteiger partial charge in [-0.05, 0) is 46.5 Å². The van der Waals surface area contributed by atoms with E-state index in [0.29, 0.717) is 17.5 Å². The van der Waals surface area contributed by atoms with E-state index in [-0.39, 0.29) is 5.41 Å². The lowest BCUT2D eigenvalue weighted by Crippen LogP contribution is -2.15. The van der Waals surface area contributed by atoms with E-state index in [2.05, 4.69) is 140 Å². The minimum Gasteiger partial charge on any atom is -0.308 e. The Kier molecular flexibility index (Phi) is 6.43. The molecule has 7 aromatic carbocycles. The maximum Gasteiger partial charge on any atom is 0.164 e. The van der Waals surface area contributed by atoms with Gasteiger partial charge in [-0.15, -0.1) is 11.3 Å². The Bertz CT molecular complexity index is 3020. The molecule has 0 saturated heterocycles. The molecule has 1 aliphatic rings. The van der Waals surface area contributed by atoms with Gasteiger partial charge >= 0.3 is 0 Å². The summed E-state index contributed by atoms with van der Waals surface area (Å²) >= 11 is 1.91. The number of thiophene rings is 1. The summed E-state index contributed by atoms with van der Waals surface area (Å²) in [5, 5.41) is 5.26. The Morgan fingerprint density at radius 2 is 1.11 bits per heavy atom. The van der Waals surface area contributed by atoms with Gasteiger partial charge < -0.3 is 4.57 Å². The molecule has 5 heteroatoms. The van der Waals surface area contributed by atoms with E-state index in [1.807, 2.05) is 47.7 Å². The van der Waals surface area contributed by atoms with Gasteiger partial charge in [0.05, 0.1) is 15.7 Å².